The Hall–Kier alpha value is -1.02. The van der Waals surface area contributed by atoms with Crippen LogP contribution in [0.4, 0.5) is 5.69 Å². The van der Waals surface area contributed by atoms with Crippen LogP contribution in [0, 0.1) is 11.3 Å². The van der Waals surface area contributed by atoms with Gasteiger partial charge >= 0.3 is 0 Å². The second kappa shape index (κ2) is 5.00. The molecule has 3 rings (SSSR count). The van der Waals surface area contributed by atoms with E-state index < -0.39 is 0 Å². The van der Waals surface area contributed by atoms with E-state index >= 15 is 0 Å². The van der Waals surface area contributed by atoms with E-state index in [1.807, 2.05) is 0 Å². The van der Waals surface area contributed by atoms with Gasteiger partial charge in [-0.25, -0.2) is 5.84 Å². The summed E-state index contributed by atoms with van der Waals surface area (Å²) < 4.78 is 0. The van der Waals surface area contributed by atoms with E-state index in [1.54, 1.807) is 0 Å². The molecule has 2 heteroatoms. The van der Waals surface area contributed by atoms with Gasteiger partial charge in [0.2, 0.25) is 0 Å². The van der Waals surface area contributed by atoms with Crippen molar-refractivity contribution in [3.8, 4) is 0 Å². The van der Waals surface area contributed by atoms with E-state index in [2.05, 4.69) is 78.6 Å². The van der Waals surface area contributed by atoms with Crippen LogP contribution >= 0.6 is 0 Å². The van der Waals surface area contributed by atoms with Gasteiger partial charge in [0.25, 0.3) is 0 Å². The van der Waals surface area contributed by atoms with Crippen LogP contribution in [0.15, 0.2) is 18.2 Å². The fraction of sp³-hybridized carbons (Fsp3) is 0.727. The first-order valence-corrected chi connectivity index (χ1v) is 9.51. The van der Waals surface area contributed by atoms with Gasteiger partial charge in [-0.15, -0.1) is 0 Å². The second-order valence-electron chi connectivity index (χ2n) is 10.8. The molecule has 1 heterocycles. The lowest BCUT2D eigenvalue weighted by Crippen LogP contribution is -2.61. The minimum Gasteiger partial charge on any atom is -0.304 e. The van der Waals surface area contributed by atoms with Gasteiger partial charge in [0.05, 0.1) is 11.2 Å². The Labute approximate surface area is 148 Å². The monoisotopic (exact) mass is 328 g/mol. The molecule has 2 aliphatic rings. The molecule has 1 aromatic carbocycles. The molecule has 0 aromatic heterocycles. The highest BCUT2D eigenvalue weighted by Gasteiger charge is 2.59. The molecule has 1 aliphatic heterocycles. The van der Waals surface area contributed by atoms with Crippen LogP contribution < -0.4 is 10.9 Å². The Kier molecular flexibility index (Phi) is 3.71. The van der Waals surface area contributed by atoms with Crippen molar-refractivity contribution in [2.45, 2.75) is 91.0 Å². The SMILES string of the molecule is CC(C)(C)c1ccc2c(c1)C1(C)CC(C(C)(C)C)CCC1(C)N2N. The standard InChI is InChI=1S/C22H36N2/c1-19(2,3)15-9-10-18-17(13-15)21(7)14-16(20(4,5)6)11-12-22(21,8)24(18)23/h9-10,13,16H,11-12,14,23H2,1-8H3. The summed E-state index contributed by atoms with van der Waals surface area (Å²) in [6.45, 7) is 18.9. The van der Waals surface area contributed by atoms with Crippen LogP contribution in [0.25, 0.3) is 0 Å². The van der Waals surface area contributed by atoms with E-state index in [-0.39, 0.29) is 16.4 Å². The molecule has 3 unspecified atom stereocenters. The third-order valence-electron chi connectivity index (χ3n) is 7.30. The Morgan fingerprint density at radius 3 is 2.25 bits per heavy atom. The molecule has 0 spiro atoms. The molecule has 24 heavy (non-hydrogen) atoms. The fourth-order valence-electron chi connectivity index (χ4n) is 4.99. The summed E-state index contributed by atoms with van der Waals surface area (Å²) in [7, 11) is 0. The molecule has 2 N–H and O–H groups in total. The van der Waals surface area contributed by atoms with Gasteiger partial charge in [-0.05, 0) is 60.1 Å². The predicted molar refractivity (Wildman–Crippen MR) is 104 cm³/mol. The van der Waals surface area contributed by atoms with Crippen molar-refractivity contribution in [3.63, 3.8) is 0 Å². The van der Waals surface area contributed by atoms with Gasteiger partial charge in [0.1, 0.15) is 0 Å². The largest absolute Gasteiger partial charge is 0.304 e. The average Bonchev–Trinajstić information content (AvgIpc) is 2.63. The Balaban J connectivity index is 2.14. The van der Waals surface area contributed by atoms with Crippen molar-refractivity contribution >= 4 is 5.69 Å². The zero-order chi connectivity index (χ0) is 18.1. The number of fused-ring (bicyclic) bond motifs is 3. The molecular formula is C22H36N2. The predicted octanol–water partition coefficient (Wildman–Crippen LogP) is 5.54. The fourth-order valence-corrected chi connectivity index (χ4v) is 4.99. The Morgan fingerprint density at radius 1 is 1.08 bits per heavy atom. The molecule has 0 saturated heterocycles. The molecular weight excluding hydrogens is 292 g/mol. The summed E-state index contributed by atoms with van der Waals surface area (Å²) in [6, 6.07) is 6.98. The number of hydrogen-bond donors (Lipinski definition) is 1. The first-order valence-electron chi connectivity index (χ1n) is 9.51. The normalized spacial score (nSPS) is 33.4. The van der Waals surface area contributed by atoms with Gasteiger partial charge in [0, 0.05) is 5.41 Å². The lowest BCUT2D eigenvalue weighted by molar-refractivity contribution is 0.0742. The highest BCUT2D eigenvalue weighted by molar-refractivity contribution is 5.67. The second-order valence-corrected chi connectivity index (χ2v) is 10.8. The first-order chi connectivity index (χ1) is 10.8. The van der Waals surface area contributed by atoms with Crippen LogP contribution in [0.2, 0.25) is 0 Å². The molecule has 134 valence electrons. The molecule has 3 atom stereocenters. The summed E-state index contributed by atoms with van der Waals surface area (Å²) in [5.41, 5.74) is 4.78. The third-order valence-corrected chi connectivity index (χ3v) is 7.30. The molecule has 1 saturated carbocycles. The minimum absolute atomic E-state index is 0.0214. The number of nitrogens with two attached hydrogens (primary N) is 1. The Morgan fingerprint density at radius 2 is 1.71 bits per heavy atom. The van der Waals surface area contributed by atoms with Crippen molar-refractivity contribution in [3.05, 3.63) is 29.3 Å². The van der Waals surface area contributed by atoms with E-state index in [9.17, 15) is 0 Å². The summed E-state index contributed by atoms with van der Waals surface area (Å²) in [4.78, 5) is 0. The molecule has 0 amide bonds. The van der Waals surface area contributed by atoms with Crippen LogP contribution in [-0.4, -0.2) is 5.54 Å². The van der Waals surface area contributed by atoms with E-state index in [0.29, 0.717) is 5.41 Å². The van der Waals surface area contributed by atoms with E-state index in [4.69, 9.17) is 5.84 Å². The quantitative estimate of drug-likeness (QED) is 0.633. The molecule has 1 aliphatic carbocycles. The van der Waals surface area contributed by atoms with Crippen LogP contribution in [-0.2, 0) is 10.8 Å². The topological polar surface area (TPSA) is 29.3 Å². The average molecular weight is 329 g/mol. The van der Waals surface area contributed by atoms with Gasteiger partial charge in [-0.2, -0.15) is 0 Å². The smallest absolute Gasteiger partial charge is 0.0627 e. The molecule has 1 aromatic rings. The maximum atomic E-state index is 6.67. The van der Waals surface area contributed by atoms with Crippen LogP contribution in [0.3, 0.4) is 0 Å². The summed E-state index contributed by atoms with van der Waals surface area (Å²) in [6.07, 6.45) is 3.66. The maximum absolute atomic E-state index is 6.67. The molecule has 0 bridgehead atoms. The number of hydrazine groups is 1. The number of benzene rings is 1. The minimum atomic E-state index is 0.0214. The van der Waals surface area contributed by atoms with Crippen molar-refractivity contribution in [2.24, 2.45) is 17.2 Å². The van der Waals surface area contributed by atoms with Gasteiger partial charge in [-0.3, -0.25) is 0 Å². The van der Waals surface area contributed by atoms with E-state index in [0.717, 1.165) is 5.92 Å². The summed E-state index contributed by atoms with van der Waals surface area (Å²) in [5.74, 6) is 7.41. The first kappa shape index (κ1) is 17.8. The van der Waals surface area contributed by atoms with Crippen LogP contribution in [0.1, 0.15) is 85.8 Å². The van der Waals surface area contributed by atoms with Crippen molar-refractivity contribution in [1.29, 1.82) is 0 Å². The Bertz CT molecular complexity index is 649. The van der Waals surface area contributed by atoms with Crippen molar-refractivity contribution < 1.29 is 0 Å². The van der Waals surface area contributed by atoms with Gasteiger partial charge < -0.3 is 5.01 Å². The summed E-state index contributed by atoms with van der Waals surface area (Å²) >= 11 is 0. The third kappa shape index (κ3) is 2.33. The molecule has 0 radical (unpaired) electrons. The summed E-state index contributed by atoms with van der Waals surface area (Å²) in [5, 5.41) is 2.09. The number of rotatable bonds is 0. The van der Waals surface area contributed by atoms with E-state index in [1.165, 1.54) is 36.1 Å². The number of anilines is 1. The highest BCUT2D eigenvalue weighted by Crippen LogP contribution is 2.60. The molecule has 1 fully saturated rings. The lowest BCUT2D eigenvalue weighted by Gasteiger charge is -2.53. The zero-order valence-corrected chi connectivity index (χ0v) is 17.0. The lowest BCUT2D eigenvalue weighted by atomic mass is 9.55. The molecule has 2 nitrogen and oxygen atoms in total. The van der Waals surface area contributed by atoms with Crippen LogP contribution in [0.5, 0.6) is 0 Å². The number of nitrogens with zero attached hydrogens (tertiary/aromatic N) is 1. The van der Waals surface area contributed by atoms with Crippen molar-refractivity contribution in [2.75, 3.05) is 5.01 Å². The van der Waals surface area contributed by atoms with Gasteiger partial charge in [0.15, 0.2) is 0 Å². The van der Waals surface area contributed by atoms with Gasteiger partial charge in [-0.1, -0.05) is 60.6 Å². The highest BCUT2D eigenvalue weighted by atomic mass is 15.5. The zero-order valence-electron chi connectivity index (χ0n) is 17.0. The maximum Gasteiger partial charge on any atom is 0.0627 e. The number of hydrogen-bond acceptors (Lipinski definition) is 2. The van der Waals surface area contributed by atoms with Crippen molar-refractivity contribution in [1.82, 2.24) is 0 Å².